The minimum atomic E-state index is -0.162. The summed E-state index contributed by atoms with van der Waals surface area (Å²) in [5, 5.41) is 0. The summed E-state index contributed by atoms with van der Waals surface area (Å²) in [6.07, 6.45) is 1.96. The highest BCUT2D eigenvalue weighted by Crippen LogP contribution is 2.51. The third-order valence-electron chi connectivity index (χ3n) is 2.95. The lowest BCUT2D eigenvalue weighted by molar-refractivity contribution is -0.154. The van der Waals surface area contributed by atoms with Crippen LogP contribution >= 0.6 is 0 Å². The molecule has 2 aliphatic rings. The van der Waals surface area contributed by atoms with Crippen molar-refractivity contribution in [2.75, 3.05) is 13.7 Å². The maximum absolute atomic E-state index is 11.1. The molecule has 0 aromatic rings. The topological polar surface area (TPSA) is 52.6 Å². The Morgan fingerprint density at radius 3 is 2.77 bits per heavy atom. The van der Waals surface area contributed by atoms with Gasteiger partial charge in [-0.3, -0.25) is 9.59 Å². The molecule has 1 saturated carbocycles. The normalized spacial score (nSPS) is 37.0. The van der Waals surface area contributed by atoms with E-state index in [-0.39, 0.29) is 23.3 Å². The first-order valence-electron chi connectivity index (χ1n) is 4.39. The molecule has 0 amide bonds. The van der Waals surface area contributed by atoms with Crippen molar-refractivity contribution >= 4 is 11.9 Å². The van der Waals surface area contributed by atoms with E-state index in [1.54, 1.807) is 0 Å². The molecule has 2 rings (SSSR count). The van der Waals surface area contributed by atoms with E-state index in [2.05, 4.69) is 4.74 Å². The van der Waals surface area contributed by atoms with Gasteiger partial charge in [-0.25, -0.2) is 0 Å². The van der Waals surface area contributed by atoms with E-state index in [1.165, 1.54) is 7.11 Å². The van der Waals surface area contributed by atoms with Crippen molar-refractivity contribution in [1.29, 1.82) is 0 Å². The zero-order valence-electron chi connectivity index (χ0n) is 7.54. The number of rotatable bonds is 1. The Balaban J connectivity index is 1.90. The fourth-order valence-corrected chi connectivity index (χ4v) is 2.22. The van der Waals surface area contributed by atoms with Gasteiger partial charge >= 0.3 is 11.9 Å². The van der Waals surface area contributed by atoms with E-state index >= 15 is 0 Å². The highest BCUT2D eigenvalue weighted by atomic mass is 16.5. The van der Waals surface area contributed by atoms with E-state index in [0.717, 1.165) is 12.8 Å². The Morgan fingerprint density at radius 2 is 2.31 bits per heavy atom. The van der Waals surface area contributed by atoms with Gasteiger partial charge in [-0.2, -0.15) is 0 Å². The predicted molar refractivity (Wildman–Crippen MR) is 42.7 cm³/mol. The maximum atomic E-state index is 11.1. The SMILES string of the molecule is COC(=O)C1CC2(COC(=O)C2)C1. The highest BCUT2D eigenvalue weighted by molar-refractivity contribution is 5.76. The number of hydrogen-bond acceptors (Lipinski definition) is 4. The molecule has 1 saturated heterocycles. The maximum Gasteiger partial charge on any atom is 0.308 e. The van der Waals surface area contributed by atoms with Crippen LogP contribution in [0.1, 0.15) is 19.3 Å². The van der Waals surface area contributed by atoms with Gasteiger partial charge in [-0.15, -0.1) is 0 Å². The number of methoxy groups -OCH3 is 1. The standard InChI is InChI=1S/C9H12O4/c1-12-8(11)6-2-9(3-6)4-7(10)13-5-9/h6H,2-5H2,1H3. The van der Waals surface area contributed by atoms with Gasteiger partial charge in [0.25, 0.3) is 0 Å². The Morgan fingerprint density at radius 1 is 1.62 bits per heavy atom. The summed E-state index contributed by atoms with van der Waals surface area (Å²) in [6.45, 7) is 0.485. The molecule has 4 heteroatoms. The first-order valence-corrected chi connectivity index (χ1v) is 4.39. The summed E-state index contributed by atoms with van der Waals surface area (Å²) in [5.74, 6) is -0.312. The fraction of sp³-hybridized carbons (Fsp3) is 0.778. The Labute approximate surface area is 76.2 Å². The Kier molecular flexibility index (Phi) is 1.78. The molecule has 72 valence electrons. The van der Waals surface area contributed by atoms with Crippen molar-refractivity contribution in [3.63, 3.8) is 0 Å². The summed E-state index contributed by atoms with van der Waals surface area (Å²) in [4.78, 5) is 21.9. The second-order valence-corrected chi connectivity index (χ2v) is 3.97. The summed E-state index contributed by atoms with van der Waals surface area (Å²) < 4.78 is 9.50. The number of carbonyl (C=O) groups is 2. The van der Waals surface area contributed by atoms with Crippen molar-refractivity contribution in [1.82, 2.24) is 0 Å². The molecule has 0 unspecified atom stereocenters. The molecule has 2 fully saturated rings. The summed E-state index contributed by atoms with van der Waals surface area (Å²) in [6, 6.07) is 0. The van der Waals surface area contributed by atoms with E-state index in [1.807, 2.05) is 0 Å². The van der Waals surface area contributed by atoms with Gasteiger partial charge in [0.1, 0.15) is 0 Å². The van der Waals surface area contributed by atoms with Crippen molar-refractivity contribution in [2.45, 2.75) is 19.3 Å². The Bertz CT molecular complexity index is 252. The summed E-state index contributed by atoms with van der Waals surface area (Å²) >= 11 is 0. The molecule has 0 aromatic heterocycles. The average molecular weight is 184 g/mol. The van der Waals surface area contributed by atoms with Crippen LogP contribution in [0.2, 0.25) is 0 Å². The second kappa shape index (κ2) is 2.72. The molecule has 4 nitrogen and oxygen atoms in total. The van der Waals surface area contributed by atoms with Crippen LogP contribution in [0.3, 0.4) is 0 Å². The van der Waals surface area contributed by atoms with Gasteiger partial charge in [0.15, 0.2) is 0 Å². The van der Waals surface area contributed by atoms with Gasteiger partial charge in [-0.05, 0) is 12.8 Å². The van der Waals surface area contributed by atoms with E-state index in [0.29, 0.717) is 13.0 Å². The number of cyclic esters (lactones) is 1. The van der Waals surface area contributed by atoms with Crippen LogP contribution in [0.25, 0.3) is 0 Å². The third-order valence-corrected chi connectivity index (χ3v) is 2.95. The molecule has 0 bridgehead atoms. The van der Waals surface area contributed by atoms with Crippen LogP contribution in [0.5, 0.6) is 0 Å². The molecule has 1 spiro atoms. The van der Waals surface area contributed by atoms with Gasteiger partial charge in [0, 0.05) is 5.41 Å². The first-order chi connectivity index (χ1) is 6.15. The average Bonchev–Trinajstić information content (AvgIpc) is 2.43. The smallest absolute Gasteiger partial charge is 0.308 e. The largest absolute Gasteiger partial charge is 0.469 e. The third kappa shape index (κ3) is 1.30. The molecule has 0 N–H and O–H groups in total. The molecule has 0 aromatic carbocycles. The minimum absolute atomic E-state index is 0.0144. The van der Waals surface area contributed by atoms with E-state index in [9.17, 15) is 9.59 Å². The zero-order valence-corrected chi connectivity index (χ0v) is 7.54. The monoisotopic (exact) mass is 184 g/mol. The summed E-state index contributed by atoms with van der Waals surface area (Å²) in [7, 11) is 1.39. The van der Waals surface area contributed by atoms with Gasteiger partial charge in [0.2, 0.25) is 0 Å². The highest BCUT2D eigenvalue weighted by Gasteiger charge is 2.53. The van der Waals surface area contributed by atoms with Crippen molar-refractivity contribution in [3.05, 3.63) is 0 Å². The predicted octanol–water partition coefficient (Wildman–Crippen LogP) is 0.503. The van der Waals surface area contributed by atoms with Crippen LogP contribution in [0, 0.1) is 11.3 Å². The van der Waals surface area contributed by atoms with Crippen LogP contribution in [0.4, 0.5) is 0 Å². The van der Waals surface area contributed by atoms with Gasteiger partial charge in [-0.1, -0.05) is 0 Å². The lowest BCUT2D eigenvalue weighted by Gasteiger charge is -2.41. The summed E-state index contributed by atoms with van der Waals surface area (Å²) in [5.41, 5.74) is -0.0318. The van der Waals surface area contributed by atoms with Crippen LogP contribution in [-0.4, -0.2) is 25.7 Å². The van der Waals surface area contributed by atoms with Gasteiger partial charge < -0.3 is 9.47 Å². The van der Waals surface area contributed by atoms with Gasteiger partial charge in [0.05, 0.1) is 26.1 Å². The lowest BCUT2D eigenvalue weighted by atomic mass is 9.61. The first kappa shape index (κ1) is 8.53. The van der Waals surface area contributed by atoms with Crippen molar-refractivity contribution in [2.24, 2.45) is 11.3 Å². The molecule has 1 aliphatic carbocycles. The number of esters is 2. The number of ether oxygens (including phenoxy) is 2. The second-order valence-electron chi connectivity index (χ2n) is 3.97. The lowest BCUT2D eigenvalue weighted by Crippen LogP contribution is -2.42. The Hall–Kier alpha value is -1.06. The quantitative estimate of drug-likeness (QED) is 0.557. The number of hydrogen-bond donors (Lipinski definition) is 0. The number of carbonyl (C=O) groups excluding carboxylic acids is 2. The van der Waals surface area contributed by atoms with E-state index < -0.39 is 0 Å². The van der Waals surface area contributed by atoms with E-state index in [4.69, 9.17) is 4.74 Å². The van der Waals surface area contributed by atoms with Crippen molar-refractivity contribution < 1.29 is 19.1 Å². The molecule has 0 atom stereocenters. The molecular formula is C9H12O4. The van der Waals surface area contributed by atoms with Crippen LogP contribution < -0.4 is 0 Å². The zero-order chi connectivity index (χ0) is 9.47. The van der Waals surface area contributed by atoms with Crippen LogP contribution in [0.15, 0.2) is 0 Å². The fourth-order valence-electron chi connectivity index (χ4n) is 2.22. The molecule has 1 heterocycles. The minimum Gasteiger partial charge on any atom is -0.469 e. The molecular weight excluding hydrogens is 172 g/mol. The molecule has 13 heavy (non-hydrogen) atoms. The van der Waals surface area contributed by atoms with Crippen molar-refractivity contribution in [3.8, 4) is 0 Å². The molecule has 1 aliphatic heterocycles. The van der Waals surface area contributed by atoms with Crippen LogP contribution in [-0.2, 0) is 19.1 Å². The molecule has 0 radical (unpaired) electrons.